The van der Waals surface area contributed by atoms with Crippen LogP contribution < -0.4 is 10.1 Å². The molecule has 2 heterocycles. The number of halogens is 1. The van der Waals surface area contributed by atoms with Crippen molar-refractivity contribution in [1.29, 1.82) is 0 Å². The second kappa shape index (κ2) is 10.5. The van der Waals surface area contributed by atoms with Crippen molar-refractivity contribution in [1.82, 2.24) is 4.98 Å². The molecule has 6 nitrogen and oxygen atoms in total. The van der Waals surface area contributed by atoms with Crippen molar-refractivity contribution in [2.75, 3.05) is 19.5 Å². The highest BCUT2D eigenvalue weighted by Crippen LogP contribution is 2.37. The number of amides is 1. The number of anilines is 1. The Hall–Kier alpha value is -4.01. The van der Waals surface area contributed by atoms with E-state index in [4.69, 9.17) is 14.5 Å². The van der Waals surface area contributed by atoms with Crippen molar-refractivity contribution in [2.45, 2.75) is 0 Å². The van der Waals surface area contributed by atoms with Crippen LogP contribution in [0.2, 0.25) is 0 Å². The summed E-state index contributed by atoms with van der Waals surface area (Å²) in [4.78, 5) is 31.3. The van der Waals surface area contributed by atoms with Crippen LogP contribution in [-0.2, 0) is 4.74 Å². The number of para-hydroxylation sites is 2. The van der Waals surface area contributed by atoms with E-state index in [1.807, 2.05) is 78.2 Å². The van der Waals surface area contributed by atoms with E-state index in [1.54, 1.807) is 13.2 Å². The van der Waals surface area contributed by atoms with Gasteiger partial charge >= 0.3 is 5.97 Å². The second-order valence-corrected chi connectivity index (χ2v) is 9.87. The first kappa shape index (κ1) is 24.7. The molecule has 5 aromatic rings. The van der Waals surface area contributed by atoms with Gasteiger partial charge in [0.05, 0.1) is 31.0 Å². The molecule has 0 bridgehead atoms. The van der Waals surface area contributed by atoms with Gasteiger partial charge in [-0.25, -0.2) is 9.78 Å². The molecular weight excluding hydrogens is 552 g/mol. The number of nitrogens with one attached hydrogen (secondary N) is 1. The van der Waals surface area contributed by atoms with Gasteiger partial charge in [-0.3, -0.25) is 4.79 Å². The number of fused-ring (bicyclic) bond motifs is 1. The topological polar surface area (TPSA) is 77.5 Å². The van der Waals surface area contributed by atoms with Gasteiger partial charge in [-0.05, 0) is 42.0 Å². The van der Waals surface area contributed by atoms with Gasteiger partial charge < -0.3 is 14.8 Å². The summed E-state index contributed by atoms with van der Waals surface area (Å²) in [5, 5.41) is 5.91. The van der Waals surface area contributed by atoms with Crippen molar-refractivity contribution in [3.63, 3.8) is 0 Å². The van der Waals surface area contributed by atoms with Crippen LogP contribution in [0.5, 0.6) is 5.75 Å². The van der Waals surface area contributed by atoms with Gasteiger partial charge in [0.25, 0.3) is 5.91 Å². The molecule has 0 aliphatic heterocycles. The van der Waals surface area contributed by atoms with Crippen LogP contribution in [-0.4, -0.2) is 31.1 Å². The zero-order valence-corrected chi connectivity index (χ0v) is 22.4. The summed E-state index contributed by atoms with van der Waals surface area (Å²) < 4.78 is 11.5. The summed E-state index contributed by atoms with van der Waals surface area (Å²) in [6.07, 6.45) is 0. The molecule has 2 aromatic heterocycles. The third-order valence-corrected chi connectivity index (χ3v) is 7.33. The molecule has 184 valence electrons. The number of benzene rings is 3. The number of rotatable bonds is 6. The van der Waals surface area contributed by atoms with Crippen molar-refractivity contribution in [3.05, 3.63) is 99.8 Å². The zero-order valence-electron chi connectivity index (χ0n) is 19.9. The molecule has 0 fully saturated rings. The fourth-order valence-corrected chi connectivity index (χ4v) is 5.34. The molecule has 0 atom stereocenters. The third-order valence-electron chi connectivity index (χ3n) is 5.91. The summed E-state index contributed by atoms with van der Waals surface area (Å²) in [6.45, 7) is 0. The molecule has 37 heavy (non-hydrogen) atoms. The minimum Gasteiger partial charge on any atom is -0.496 e. The molecule has 1 N–H and O–H groups in total. The van der Waals surface area contributed by atoms with E-state index >= 15 is 0 Å². The van der Waals surface area contributed by atoms with E-state index in [9.17, 15) is 9.59 Å². The van der Waals surface area contributed by atoms with E-state index in [2.05, 4.69) is 21.2 Å². The number of aromatic nitrogens is 1. The normalized spacial score (nSPS) is 10.8. The predicted octanol–water partition coefficient (Wildman–Crippen LogP) is 7.44. The first-order valence-electron chi connectivity index (χ1n) is 11.3. The van der Waals surface area contributed by atoms with Crippen LogP contribution in [0, 0.1) is 0 Å². The minimum absolute atomic E-state index is 0.312. The highest BCUT2D eigenvalue weighted by Gasteiger charge is 2.24. The van der Waals surface area contributed by atoms with Gasteiger partial charge in [-0.15, -0.1) is 11.3 Å². The summed E-state index contributed by atoms with van der Waals surface area (Å²) in [5.74, 6) is -0.227. The molecule has 1 amide bonds. The largest absolute Gasteiger partial charge is 0.496 e. The molecule has 0 saturated carbocycles. The average Bonchev–Trinajstić information content (AvgIpc) is 3.35. The Kier molecular flexibility index (Phi) is 7.03. The van der Waals surface area contributed by atoms with Crippen molar-refractivity contribution in [3.8, 4) is 28.1 Å². The van der Waals surface area contributed by atoms with Gasteiger partial charge in [-0.1, -0.05) is 58.4 Å². The van der Waals surface area contributed by atoms with Crippen molar-refractivity contribution >= 4 is 55.0 Å². The Morgan fingerprint density at radius 1 is 0.919 bits per heavy atom. The lowest BCUT2D eigenvalue weighted by Gasteiger charge is -2.13. The number of carbonyl (C=O) groups excluding carboxylic acids is 2. The number of thiophene rings is 1. The van der Waals surface area contributed by atoms with Crippen LogP contribution in [0.4, 0.5) is 5.00 Å². The van der Waals surface area contributed by atoms with Crippen LogP contribution in [0.25, 0.3) is 33.3 Å². The highest BCUT2D eigenvalue weighted by atomic mass is 79.9. The number of ether oxygens (including phenoxy) is 2. The molecular formula is C29H21BrN2O4S. The van der Waals surface area contributed by atoms with E-state index in [-0.39, 0.29) is 5.91 Å². The first-order valence-corrected chi connectivity index (χ1v) is 13.0. The van der Waals surface area contributed by atoms with Crippen molar-refractivity contribution < 1.29 is 19.1 Å². The van der Waals surface area contributed by atoms with Crippen LogP contribution in [0.3, 0.4) is 0 Å². The zero-order chi connectivity index (χ0) is 25.9. The van der Waals surface area contributed by atoms with Gasteiger partial charge in [0.1, 0.15) is 16.3 Å². The summed E-state index contributed by atoms with van der Waals surface area (Å²) >= 11 is 4.71. The summed E-state index contributed by atoms with van der Waals surface area (Å²) in [5.41, 5.74) is 4.32. The Morgan fingerprint density at radius 3 is 2.41 bits per heavy atom. The number of nitrogens with zero attached hydrogens (tertiary/aromatic N) is 1. The summed E-state index contributed by atoms with van der Waals surface area (Å²) in [6, 6.07) is 24.3. The maximum Gasteiger partial charge on any atom is 0.341 e. The lowest BCUT2D eigenvalue weighted by Crippen LogP contribution is -2.15. The van der Waals surface area contributed by atoms with Gasteiger partial charge in [-0.2, -0.15) is 0 Å². The fraction of sp³-hybridized carbons (Fsp3) is 0.0690. The molecule has 0 spiro atoms. The maximum atomic E-state index is 13.7. The smallest absolute Gasteiger partial charge is 0.341 e. The lowest BCUT2D eigenvalue weighted by atomic mass is 10.0. The van der Waals surface area contributed by atoms with E-state index < -0.39 is 5.97 Å². The molecule has 8 heteroatoms. The van der Waals surface area contributed by atoms with Crippen LogP contribution >= 0.6 is 27.3 Å². The number of pyridine rings is 1. The number of hydrogen-bond acceptors (Lipinski definition) is 6. The molecule has 0 aliphatic rings. The molecule has 0 saturated heterocycles. The Morgan fingerprint density at radius 2 is 1.65 bits per heavy atom. The minimum atomic E-state index is -0.524. The van der Waals surface area contributed by atoms with Gasteiger partial charge in [0, 0.05) is 26.4 Å². The number of methoxy groups -OCH3 is 2. The number of esters is 1. The quantitative estimate of drug-likeness (QED) is 0.214. The molecule has 5 rings (SSSR count). The van der Waals surface area contributed by atoms with Gasteiger partial charge in [0.15, 0.2) is 0 Å². The lowest BCUT2D eigenvalue weighted by molar-refractivity contribution is 0.0603. The molecule has 0 radical (unpaired) electrons. The second-order valence-electron chi connectivity index (χ2n) is 8.08. The van der Waals surface area contributed by atoms with Crippen LogP contribution in [0.15, 0.2) is 88.7 Å². The third kappa shape index (κ3) is 4.85. The molecule has 3 aromatic carbocycles. The predicted molar refractivity (Wildman–Crippen MR) is 150 cm³/mol. The first-order chi connectivity index (χ1) is 18.0. The number of hydrogen-bond donors (Lipinski definition) is 1. The van der Waals surface area contributed by atoms with Crippen molar-refractivity contribution in [2.24, 2.45) is 0 Å². The van der Waals surface area contributed by atoms with E-state index in [0.29, 0.717) is 44.0 Å². The monoisotopic (exact) mass is 572 g/mol. The average molecular weight is 573 g/mol. The Labute approximate surface area is 226 Å². The molecule has 0 unspecified atom stereocenters. The molecule has 0 aliphatic carbocycles. The Bertz CT molecular complexity index is 1630. The SMILES string of the molecule is COC(=O)c1c(-c2ccc(Br)cc2)csc1NC(=O)c1cc(-c2ccccc2OC)nc2ccccc12. The Balaban J connectivity index is 1.59. The summed E-state index contributed by atoms with van der Waals surface area (Å²) in [7, 11) is 2.93. The standard InChI is InChI=1S/C29H21BrN2O4S/c1-35-25-10-6-4-8-20(25)24-15-21(19-7-3-5-9-23(19)31-24)27(33)32-28-26(29(34)36-2)22(16-37-28)17-11-13-18(30)14-12-17/h3-16H,1-2H3,(H,32,33). The van der Waals surface area contributed by atoms with E-state index in [0.717, 1.165) is 15.6 Å². The van der Waals surface area contributed by atoms with Gasteiger partial charge in [0.2, 0.25) is 0 Å². The fourth-order valence-electron chi connectivity index (χ4n) is 4.12. The van der Waals surface area contributed by atoms with Crippen LogP contribution in [0.1, 0.15) is 20.7 Å². The number of carbonyl (C=O) groups is 2. The highest BCUT2D eigenvalue weighted by molar-refractivity contribution is 9.10. The maximum absolute atomic E-state index is 13.7. The van der Waals surface area contributed by atoms with E-state index in [1.165, 1.54) is 18.4 Å².